The van der Waals surface area contributed by atoms with Crippen LogP contribution in [0.25, 0.3) is 0 Å². The Hall–Kier alpha value is -1.09. The fraction of sp³-hybridized carbons (Fsp3) is 0.722. The van der Waals surface area contributed by atoms with Crippen molar-refractivity contribution in [1.82, 2.24) is 9.88 Å². The summed E-state index contributed by atoms with van der Waals surface area (Å²) >= 11 is 0. The fourth-order valence-corrected chi connectivity index (χ4v) is 3.44. The summed E-state index contributed by atoms with van der Waals surface area (Å²) in [6, 6.07) is 0. The van der Waals surface area contributed by atoms with Gasteiger partial charge < -0.3 is 9.88 Å². The molecule has 0 aromatic carbocycles. The lowest BCUT2D eigenvalue weighted by molar-refractivity contribution is 0.0957. The topological polar surface area (TPSA) is 36.1 Å². The minimum atomic E-state index is 0.327. The van der Waals surface area contributed by atoms with E-state index in [2.05, 4.69) is 23.7 Å². The van der Waals surface area contributed by atoms with Crippen molar-refractivity contribution in [2.75, 3.05) is 19.6 Å². The van der Waals surface area contributed by atoms with Crippen molar-refractivity contribution in [3.8, 4) is 0 Å². The van der Waals surface area contributed by atoms with Crippen LogP contribution >= 0.6 is 0 Å². The van der Waals surface area contributed by atoms with Gasteiger partial charge in [0.15, 0.2) is 5.78 Å². The van der Waals surface area contributed by atoms with E-state index in [1.165, 1.54) is 50.0 Å². The van der Waals surface area contributed by atoms with Gasteiger partial charge in [-0.1, -0.05) is 19.8 Å². The van der Waals surface area contributed by atoms with Crippen molar-refractivity contribution in [2.24, 2.45) is 0 Å². The number of carbonyl (C=O) groups excluding carboxylic acids is 1. The lowest BCUT2D eigenvalue weighted by Crippen LogP contribution is -2.31. The molecule has 3 nitrogen and oxygen atoms in total. The Labute approximate surface area is 129 Å². The molecule has 0 saturated carbocycles. The normalized spacial score (nSPS) is 16.3. The second-order valence-electron chi connectivity index (χ2n) is 6.41. The molecular weight excluding hydrogens is 260 g/mol. The molecule has 1 aliphatic heterocycles. The second kappa shape index (κ2) is 7.79. The molecule has 1 fully saturated rings. The second-order valence-corrected chi connectivity index (χ2v) is 6.41. The van der Waals surface area contributed by atoms with Gasteiger partial charge in [0, 0.05) is 29.9 Å². The SMILES string of the molecule is CCCCc1c(C)[nH]c(C)c1C(=O)CCN1CCCCC1. The first kappa shape index (κ1) is 16.3. The molecule has 0 bridgehead atoms. The Kier molecular flexibility index (Phi) is 6.04. The van der Waals surface area contributed by atoms with E-state index in [4.69, 9.17) is 0 Å². The molecule has 1 aromatic heterocycles. The highest BCUT2D eigenvalue weighted by atomic mass is 16.1. The van der Waals surface area contributed by atoms with Crippen LogP contribution in [0.3, 0.4) is 0 Å². The van der Waals surface area contributed by atoms with E-state index in [0.29, 0.717) is 12.2 Å². The van der Waals surface area contributed by atoms with Crippen molar-refractivity contribution < 1.29 is 4.79 Å². The average molecular weight is 290 g/mol. The Balaban J connectivity index is 2.00. The van der Waals surface area contributed by atoms with Crippen molar-refractivity contribution in [3.63, 3.8) is 0 Å². The van der Waals surface area contributed by atoms with E-state index in [0.717, 1.165) is 30.6 Å². The van der Waals surface area contributed by atoms with Crippen LogP contribution in [0, 0.1) is 13.8 Å². The van der Waals surface area contributed by atoms with Gasteiger partial charge in [0.2, 0.25) is 0 Å². The third-order valence-corrected chi connectivity index (χ3v) is 4.67. The van der Waals surface area contributed by atoms with E-state index in [-0.39, 0.29) is 0 Å². The number of nitrogens with one attached hydrogen (secondary N) is 1. The maximum Gasteiger partial charge on any atom is 0.166 e. The minimum absolute atomic E-state index is 0.327. The number of H-pyrrole nitrogens is 1. The number of ketones is 1. The van der Waals surface area contributed by atoms with E-state index in [1.54, 1.807) is 0 Å². The van der Waals surface area contributed by atoms with E-state index in [9.17, 15) is 4.79 Å². The summed E-state index contributed by atoms with van der Waals surface area (Å²) in [7, 11) is 0. The number of likely N-dealkylation sites (tertiary alicyclic amines) is 1. The number of aromatic nitrogens is 1. The molecule has 0 atom stereocenters. The van der Waals surface area contributed by atoms with Crippen LogP contribution in [0.15, 0.2) is 0 Å². The number of hydrogen-bond donors (Lipinski definition) is 1. The van der Waals surface area contributed by atoms with Crippen LogP contribution < -0.4 is 0 Å². The summed E-state index contributed by atoms with van der Waals surface area (Å²) in [5.74, 6) is 0.327. The maximum atomic E-state index is 12.7. The third kappa shape index (κ3) is 4.19. The quantitative estimate of drug-likeness (QED) is 0.770. The smallest absolute Gasteiger partial charge is 0.166 e. The minimum Gasteiger partial charge on any atom is -0.362 e. The molecule has 1 aliphatic rings. The summed E-state index contributed by atoms with van der Waals surface area (Å²) in [5.41, 5.74) is 4.49. The van der Waals surface area contributed by atoms with Crippen LogP contribution in [0.5, 0.6) is 0 Å². The standard InChI is InChI=1S/C18H30N2O/c1-4-5-9-16-14(2)19-15(3)18(16)17(21)10-13-20-11-7-6-8-12-20/h19H,4-13H2,1-3H3. The highest BCUT2D eigenvalue weighted by molar-refractivity contribution is 5.99. The van der Waals surface area contributed by atoms with Gasteiger partial charge in [0.25, 0.3) is 0 Å². The van der Waals surface area contributed by atoms with E-state index >= 15 is 0 Å². The summed E-state index contributed by atoms with van der Waals surface area (Å²) < 4.78 is 0. The maximum absolute atomic E-state index is 12.7. The zero-order valence-corrected chi connectivity index (χ0v) is 13.9. The molecule has 0 radical (unpaired) electrons. The summed E-state index contributed by atoms with van der Waals surface area (Å²) in [6.45, 7) is 9.60. The molecule has 21 heavy (non-hydrogen) atoms. The van der Waals surface area contributed by atoms with Crippen LogP contribution in [0.4, 0.5) is 0 Å². The average Bonchev–Trinajstić information content (AvgIpc) is 2.77. The molecular formula is C18H30N2O. The van der Waals surface area contributed by atoms with Crippen molar-refractivity contribution in [2.45, 2.75) is 65.7 Å². The van der Waals surface area contributed by atoms with Gasteiger partial charge in [0.1, 0.15) is 0 Å². The molecule has 0 amide bonds. The zero-order chi connectivity index (χ0) is 15.2. The molecule has 1 saturated heterocycles. The number of unbranched alkanes of at least 4 members (excludes halogenated alkanes) is 1. The first-order chi connectivity index (χ1) is 10.1. The van der Waals surface area contributed by atoms with Gasteiger partial charge in [0.05, 0.1) is 0 Å². The number of Topliss-reactive ketones (excluding diaryl/α,β-unsaturated/α-hetero) is 1. The molecule has 0 unspecified atom stereocenters. The predicted molar refractivity (Wildman–Crippen MR) is 88.1 cm³/mol. The number of piperidine rings is 1. The van der Waals surface area contributed by atoms with Gasteiger partial charge in [-0.3, -0.25) is 4.79 Å². The highest BCUT2D eigenvalue weighted by Gasteiger charge is 2.20. The number of carbonyl (C=O) groups is 1. The number of hydrogen-bond acceptors (Lipinski definition) is 2. The van der Waals surface area contributed by atoms with Crippen LogP contribution in [-0.2, 0) is 6.42 Å². The van der Waals surface area contributed by atoms with Crippen LogP contribution in [0.1, 0.15) is 72.8 Å². The van der Waals surface area contributed by atoms with Gasteiger partial charge in [-0.05, 0) is 58.2 Å². The fourth-order valence-electron chi connectivity index (χ4n) is 3.44. The predicted octanol–water partition coefficient (Wildman–Crippen LogP) is 4.03. The first-order valence-corrected chi connectivity index (χ1v) is 8.57. The molecule has 118 valence electrons. The summed E-state index contributed by atoms with van der Waals surface area (Å²) in [6.07, 6.45) is 7.95. The van der Waals surface area contributed by atoms with Crippen LogP contribution in [0.2, 0.25) is 0 Å². The summed E-state index contributed by atoms with van der Waals surface area (Å²) in [5, 5.41) is 0. The highest BCUT2D eigenvalue weighted by Crippen LogP contribution is 2.22. The molecule has 0 aliphatic carbocycles. The summed E-state index contributed by atoms with van der Waals surface area (Å²) in [4.78, 5) is 18.5. The van der Waals surface area contributed by atoms with Crippen molar-refractivity contribution >= 4 is 5.78 Å². The van der Waals surface area contributed by atoms with E-state index < -0.39 is 0 Å². The van der Waals surface area contributed by atoms with E-state index in [1.807, 2.05) is 6.92 Å². The molecule has 1 N–H and O–H groups in total. The lowest BCUT2D eigenvalue weighted by Gasteiger charge is -2.26. The Morgan fingerprint density at radius 2 is 1.86 bits per heavy atom. The molecule has 1 aromatic rings. The molecule has 2 heterocycles. The number of nitrogens with zero attached hydrogens (tertiary/aromatic N) is 1. The zero-order valence-electron chi connectivity index (χ0n) is 13.9. The Bertz CT molecular complexity index is 470. The monoisotopic (exact) mass is 290 g/mol. The molecule has 2 rings (SSSR count). The third-order valence-electron chi connectivity index (χ3n) is 4.67. The van der Waals surface area contributed by atoms with Crippen molar-refractivity contribution in [1.29, 1.82) is 0 Å². The van der Waals surface area contributed by atoms with Crippen LogP contribution in [-0.4, -0.2) is 35.3 Å². The lowest BCUT2D eigenvalue weighted by atomic mass is 9.98. The van der Waals surface area contributed by atoms with Gasteiger partial charge in [-0.15, -0.1) is 0 Å². The Morgan fingerprint density at radius 3 is 2.52 bits per heavy atom. The van der Waals surface area contributed by atoms with Gasteiger partial charge >= 0.3 is 0 Å². The Morgan fingerprint density at radius 1 is 1.14 bits per heavy atom. The van der Waals surface area contributed by atoms with Gasteiger partial charge in [-0.2, -0.15) is 0 Å². The van der Waals surface area contributed by atoms with Crippen molar-refractivity contribution in [3.05, 3.63) is 22.5 Å². The van der Waals surface area contributed by atoms with Gasteiger partial charge in [-0.25, -0.2) is 0 Å². The largest absolute Gasteiger partial charge is 0.362 e. The first-order valence-electron chi connectivity index (χ1n) is 8.57. The number of aryl methyl sites for hydroxylation is 2. The molecule has 3 heteroatoms. The number of rotatable bonds is 7. The number of aromatic amines is 1. The molecule has 0 spiro atoms.